The highest BCUT2D eigenvalue weighted by molar-refractivity contribution is 5.87. The Morgan fingerprint density at radius 3 is 1.27 bits per heavy atom. The minimum absolute atomic E-state index is 0.140. The van der Waals surface area contributed by atoms with Crippen molar-refractivity contribution >= 4 is 11.6 Å². The molecule has 4 aliphatic carbocycles. The molecule has 60 heavy (non-hydrogen) atoms. The van der Waals surface area contributed by atoms with Crippen molar-refractivity contribution < 1.29 is 9.59 Å². The fraction of sp³-hybridized carbons (Fsp3) is 0.966. The lowest BCUT2D eigenvalue weighted by atomic mass is 9.88. The molecule has 0 amide bonds. The van der Waals surface area contributed by atoms with Gasteiger partial charge in [0.2, 0.25) is 0 Å². The second-order valence-electron chi connectivity index (χ2n) is 25.1. The Bertz CT molecular complexity index is 1080. The molecule has 4 fully saturated rings. The summed E-state index contributed by atoms with van der Waals surface area (Å²) in [6.07, 6.45) is 34.9. The van der Waals surface area contributed by atoms with Crippen molar-refractivity contribution in [3.63, 3.8) is 0 Å². The summed E-state index contributed by atoms with van der Waals surface area (Å²) in [6, 6.07) is 0. The number of rotatable bonds is 30. The molecular formula is C58H112O2. The normalized spacial score (nSPS) is 21.9. The molecule has 0 unspecified atom stereocenters. The lowest BCUT2D eigenvalue weighted by Crippen LogP contribution is -2.17. The van der Waals surface area contributed by atoms with Crippen molar-refractivity contribution in [3.05, 3.63) is 0 Å². The van der Waals surface area contributed by atoms with E-state index in [1.165, 1.54) is 141 Å². The van der Waals surface area contributed by atoms with Crippen LogP contribution in [-0.4, -0.2) is 11.6 Å². The van der Waals surface area contributed by atoms with E-state index in [0.717, 1.165) is 77.9 Å². The van der Waals surface area contributed by atoms with Crippen molar-refractivity contribution in [3.8, 4) is 0 Å². The Hall–Kier alpha value is -0.660. The standard InChI is InChI=1S/C15H28O.C15H30.C14H26O.C14H28/c1-12(2)7-5-6-8-15(9-10-15)14(16)11-13(3)4;1-13(2)7-5-6-9-15(11-12-15)10-8-14(3)4;1-10(2)6-5-7-12-9-13(12)14(15)8-11(3)4;1-11(2)6-5-7-13-10-14(13)9-8-12(3)4/h12-13H,5-11H2,1-4H3;13-14H,5-12H2,1-4H3;10-13H,5-9H2,1-4H3;11-14H,5-10H2,1-4H3/t;;12-,13-;13-,14-/m..11/s1. The molecule has 4 aliphatic rings. The maximum Gasteiger partial charge on any atom is 0.139 e. The number of Topliss-reactive ketones (excluding diaryl/α,β-unsaturated/α-hetero) is 2. The second-order valence-corrected chi connectivity index (χ2v) is 25.1. The zero-order valence-corrected chi connectivity index (χ0v) is 44.1. The van der Waals surface area contributed by atoms with E-state index in [1.807, 2.05) is 0 Å². The molecule has 0 spiro atoms. The first-order chi connectivity index (χ1) is 28.1. The summed E-state index contributed by atoms with van der Waals surface area (Å²) >= 11 is 0. The summed E-state index contributed by atoms with van der Waals surface area (Å²) in [5.41, 5.74) is 0.961. The summed E-state index contributed by atoms with van der Waals surface area (Å²) < 4.78 is 0. The number of hydrogen-bond donors (Lipinski definition) is 0. The van der Waals surface area contributed by atoms with Gasteiger partial charge in [0.05, 0.1) is 0 Å². The fourth-order valence-corrected chi connectivity index (χ4v) is 9.53. The minimum atomic E-state index is 0.140. The van der Waals surface area contributed by atoms with E-state index in [4.69, 9.17) is 0 Å². The zero-order valence-electron chi connectivity index (χ0n) is 44.1. The summed E-state index contributed by atoms with van der Waals surface area (Å²) in [7, 11) is 0. The quantitative estimate of drug-likeness (QED) is 0.0675. The van der Waals surface area contributed by atoms with Gasteiger partial charge in [-0.3, -0.25) is 9.59 Å². The number of carbonyl (C=O) groups is 2. The Morgan fingerprint density at radius 2 is 0.833 bits per heavy atom. The van der Waals surface area contributed by atoms with Gasteiger partial charge >= 0.3 is 0 Å². The number of ketones is 2. The van der Waals surface area contributed by atoms with E-state index in [-0.39, 0.29) is 5.41 Å². The highest BCUT2D eigenvalue weighted by Crippen LogP contribution is 2.54. The summed E-state index contributed by atoms with van der Waals surface area (Å²) in [5, 5.41) is 0. The highest BCUT2D eigenvalue weighted by Gasteiger charge is 2.48. The zero-order chi connectivity index (χ0) is 45.5. The van der Waals surface area contributed by atoms with Gasteiger partial charge in [0.15, 0.2) is 0 Å². The lowest BCUT2D eigenvalue weighted by molar-refractivity contribution is -0.125. The summed E-state index contributed by atoms with van der Waals surface area (Å²) in [5.74, 6) is 10.8. The van der Waals surface area contributed by atoms with Crippen molar-refractivity contribution in [1.82, 2.24) is 0 Å². The van der Waals surface area contributed by atoms with Gasteiger partial charge in [-0.15, -0.1) is 0 Å². The highest BCUT2D eigenvalue weighted by atomic mass is 16.1. The van der Waals surface area contributed by atoms with Crippen LogP contribution >= 0.6 is 0 Å². The summed E-state index contributed by atoms with van der Waals surface area (Å²) in [6.45, 7) is 36.4. The molecule has 0 N–H and O–H groups in total. The molecule has 0 aromatic heterocycles. The van der Waals surface area contributed by atoms with E-state index in [1.54, 1.807) is 6.42 Å². The number of carbonyl (C=O) groups excluding carboxylic acids is 2. The molecule has 2 nitrogen and oxygen atoms in total. The maximum atomic E-state index is 12.1. The maximum absolute atomic E-state index is 12.1. The monoisotopic (exact) mass is 841 g/mol. The molecule has 0 aliphatic heterocycles. The van der Waals surface area contributed by atoms with Crippen LogP contribution in [0, 0.1) is 81.8 Å². The molecule has 0 aromatic rings. The third kappa shape index (κ3) is 29.7. The smallest absolute Gasteiger partial charge is 0.139 e. The van der Waals surface area contributed by atoms with Crippen molar-refractivity contribution in [2.75, 3.05) is 0 Å². The first-order valence-corrected chi connectivity index (χ1v) is 27.2. The first-order valence-electron chi connectivity index (χ1n) is 27.2. The van der Waals surface area contributed by atoms with Crippen LogP contribution in [0.3, 0.4) is 0 Å². The van der Waals surface area contributed by atoms with Crippen LogP contribution < -0.4 is 0 Å². The molecule has 4 atom stereocenters. The summed E-state index contributed by atoms with van der Waals surface area (Å²) in [4.78, 5) is 23.8. The Balaban J connectivity index is 0.000000400. The fourth-order valence-electron chi connectivity index (χ4n) is 9.53. The van der Waals surface area contributed by atoms with Crippen LogP contribution in [-0.2, 0) is 9.59 Å². The van der Waals surface area contributed by atoms with Crippen molar-refractivity contribution in [1.29, 1.82) is 0 Å². The average Bonchev–Trinajstić information content (AvgIpc) is 3.94. The Morgan fingerprint density at radius 1 is 0.400 bits per heavy atom. The van der Waals surface area contributed by atoms with Crippen LogP contribution in [0.4, 0.5) is 0 Å². The van der Waals surface area contributed by atoms with E-state index in [0.29, 0.717) is 29.3 Å². The number of hydrogen-bond acceptors (Lipinski definition) is 2. The Kier molecular flexibility index (Phi) is 29.1. The molecule has 356 valence electrons. The van der Waals surface area contributed by atoms with E-state index in [9.17, 15) is 9.59 Å². The molecule has 4 rings (SSSR count). The van der Waals surface area contributed by atoms with E-state index < -0.39 is 0 Å². The van der Waals surface area contributed by atoms with Gasteiger partial charge in [-0.2, -0.15) is 0 Å². The number of unbranched alkanes of at least 4 members (excludes halogenated alkanes) is 2. The van der Waals surface area contributed by atoms with Crippen LogP contribution in [0.25, 0.3) is 0 Å². The average molecular weight is 842 g/mol. The molecule has 0 saturated heterocycles. The van der Waals surface area contributed by atoms with Gasteiger partial charge in [-0.1, -0.05) is 194 Å². The Labute approximate surface area is 379 Å². The minimum Gasteiger partial charge on any atom is -0.299 e. The van der Waals surface area contributed by atoms with Gasteiger partial charge in [-0.05, 0) is 141 Å². The molecule has 0 bridgehead atoms. The molecule has 2 heteroatoms. The van der Waals surface area contributed by atoms with Gasteiger partial charge in [-0.25, -0.2) is 0 Å². The molecule has 4 saturated carbocycles. The van der Waals surface area contributed by atoms with Crippen LogP contribution in [0.5, 0.6) is 0 Å². The second kappa shape index (κ2) is 30.5. The first kappa shape index (κ1) is 57.4. The van der Waals surface area contributed by atoms with Crippen LogP contribution in [0.2, 0.25) is 0 Å². The topological polar surface area (TPSA) is 34.1 Å². The molecular weight excluding hydrogens is 729 g/mol. The van der Waals surface area contributed by atoms with Gasteiger partial charge in [0.1, 0.15) is 11.6 Å². The third-order valence-electron chi connectivity index (χ3n) is 14.5. The van der Waals surface area contributed by atoms with Crippen LogP contribution in [0.15, 0.2) is 0 Å². The van der Waals surface area contributed by atoms with Crippen LogP contribution in [0.1, 0.15) is 278 Å². The third-order valence-corrected chi connectivity index (χ3v) is 14.5. The lowest BCUT2D eigenvalue weighted by Gasteiger charge is -2.16. The molecule has 0 aromatic carbocycles. The van der Waals surface area contributed by atoms with Crippen molar-refractivity contribution in [2.24, 2.45) is 81.8 Å². The molecule has 0 radical (unpaired) electrons. The SMILES string of the molecule is CC(C)CCCCC1(C(=O)CC(C)C)CC1.CC(C)CCCCC1(CCC(C)C)CC1.CC(C)CCC[C@@H]1C[C@H]1C(=O)CC(C)C.CC(C)CCC[C@@H]1C[C@H]1CCC(C)C. The molecule has 0 heterocycles. The predicted octanol–water partition coefficient (Wildman–Crippen LogP) is 19.0. The van der Waals surface area contributed by atoms with Gasteiger partial charge in [0.25, 0.3) is 0 Å². The van der Waals surface area contributed by atoms with Gasteiger partial charge < -0.3 is 0 Å². The van der Waals surface area contributed by atoms with E-state index in [2.05, 4.69) is 111 Å². The largest absolute Gasteiger partial charge is 0.299 e. The van der Waals surface area contributed by atoms with Gasteiger partial charge in [0, 0.05) is 24.2 Å². The van der Waals surface area contributed by atoms with E-state index >= 15 is 0 Å². The van der Waals surface area contributed by atoms with Crippen molar-refractivity contribution in [2.45, 2.75) is 278 Å². The predicted molar refractivity (Wildman–Crippen MR) is 268 cm³/mol.